The average Bonchev–Trinajstić information content (AvgIpc) is 3.22. The average molecular weight is 413 g/mol. The lowest BCUT2D eigenvalue weighted by atomic mass is 10.2. The molecular weight excluding hydrogens is 388 g/mol. The monoisotopic (exact) mass is 412 g/mol. The Morgan fingerprint density at radius 1 is 1.32 bits per heavy atom. The number of para-hydroxylation sites is 1. The summed E-state index contributed by atoms with van der Waals surface area (Å²) >= 11 is 2.90. The fourth-order valence-corrected chi connectivity index (χ4v) is 4.96. The van der Waals surface area contributed by atoms with E-state index in [0.717, 1.165) is 46.1 Å². The summed E-state index contributed by atoms with van der Waals surface area (Å²) in [6, 6.07) is 9.89. The molecule has 0 fully saturated rings. The van der Waals surface area contributed by atoms with Crippen LogP contribution in [0, 0.1) is 25.2 Å². The number of aliphatic hydroxyl groups is 1. The minimum absolute atomic E-state index is 0.0481. The number of aliphatic hydroxyl groups excluding tert-OH is 1. The van der Waals surface area contributed by atoms with Crippen LogP contribution in [-0.4, -0.2) is 24.9 Å². The lowest BCUT2D eigenvalue weighted by Crippen LogP contribution is -2.08. The first-order chi connectivity index (χ1) is 13.5. The third-order valence-electron chi connectivity index (χ3n) is 4.70. The number of unbranched alkanes of at least 4 members (excludes halogenated alkanes) is 1. The summed E-state index contributed by atoms with van der Waals surface area (Å²) in [4.78, 5) is 9.19. The van der Waals surface area contributed by atoms with Gasteiger partial charge in [-0.2, -0.15) is 5.26 Å². The molecule has 0 amide bonds. The number of nitriles is 1. The summed E-state index contributed by atoms with van der Waals surface area (Å²) in [5.74, 6) is 0.0481. The molecule has 0 saturated carbocycles. The topological polar surface area (TPSA) is 74.7 Å². The summed E-state index contributed by atoms with van der Waals surface area (Å²) in [6.07, 6.45) is 2.19. The number of benzene rings is 1. The Balaban J connectivity index is 1.91. The van der Waals surface area contributed by atoms with E-state index in [4.69, 9.17) is 0 Å². The highest BCUT2D eigenvalue weighted by Crippen LogP contribution is 2.34. The molecule has 1 N–H and O–H groups in total. The zero-order valence-corrected chi connectivity index (χ0v) is 18.2. The maximum atomic E-state index is 10.8. The third-order valence-corrected chi connectivity index (χ3v) is 6.85. The standard InChI is InChI=1S/C21H24N4OS2/c1-5-6-11-25-14(3)13(2)23-21(25)27-15(4)19(26)16(12-22)20-24-17-9-7-8-10-18(17)28-20/h7-10,15,26H,5-6,11H2,1-4H3/b19-16-. The Kier molecular flexibility index (Phi) is 6.42. The summed E-state index contributed by atoms with van der Waals surface area (Å²) in [5.41, 5.74) is 3.23. The molecule has 1 unspecified atom stereocenters. The Hall–Kier alpha value is -2.30. The van der Waals surface area contributed by atoms with Crippen LogP contribution in [0.4, 0.5) is 0 Å². The van der Waals surface area contributed by atoms with Crippen LogP contribution in [-0.2, 0) is 6.54 Å². The predicted octanol–water partition coefficient (Wildman–Crippen LogP) is 5.88. The summed E-state index contributed by atoms with van der Waals surface area (Å²) < 4.78 is 3.21. The SMILES string of the molecule is CCCCn1c(SC(C)/C(O)=C(\C#N)c2nc3ccccc3s2)nc(C)c1C. The number of aromatic nitrogens is 3. The number of allylic oxidation sites excluding steroid dienone is 1. The van der Waals surface area contributed by atoms with Crippen molar-refractivity contribution in [2.75, 3.05) is 0 Å². The van der Waals surface area contributed by atoms with Crippen LogP contribution in [0.1, 0.15) is 43.1 Å². The molecule has 0 bridgehead atoms. The molecule has 146 valence electrons. The molecule has 3 aromatic rings. The molecule has 0 spiro atoms. The molecule has 2 heterocycles. The summed E-state index contributed by atoms with van der Waals surface area (Å²) in [7, 11) is 0. The van der Waals surface area contributed by atoms with E-state index in [1.165, 1.54) is 23.1 Å². The maximum Gasteiger partial charge on any atom is 0.169 e. The van der Waals surface area contributed by atoms with Gasteiger partial charge < -0.3 is 9.67 Å². The van der Waals surface area contributed by atoms with Crippen LogP contribution in [0.15, 0.2) is 35.2 Å². The molecule has 7 heteroatoms. The molecule has 28 heavy (non-hydrogen) atoms. The number of imidazole rings is 1. The lowest BCUT2D eigenvalue weighted by molar-refractivity contribution is 0.402. The number of fused-ring (bicyclic) bond motifs is 1. The van der Waals surface area contributed by atoms with Crippen LogP contribution in [0.25, 0.3) is 15.8 Å². The highest BCUT2D eigenvalue weighted by molar-refractivity contribution is 7.99. The van der Waals surface area contributed by atoms with Crippen molar-refractivity contribution >= 4 is 38.9 Å². The van der Waals surface area contributed by atoms with Gasteiger partial charge in [0, 0.05) is 12.2 Å². The molecule has 1 aromatic carbocycles. The largest absolute Gasteiger partial charge is 0.510 e. The van der Waals surface area contributed by atoms with Gasteiger partial charge in [0.15, 0.2) is 5.16 Å². The number of thioether (sulfide) groups is 1. The molecule has 0 aliphatic heterocycles. The van der Waals surface area contributed by atoms with Crippen LogP contribution in [0.5, 0.6) is 0 Å². The van der Waals surface area contributed by atoms with Crippen molar-refractivity contribution in [2.24, 2.45) is 0 Å². The molecule has 1 atom stereocenters. The second-order valence-electron chi connectivity index (χ2n) is 6.69. The highest BCUT2D eigenvalue weighted by atomic mass is 32.2. The van der Waals surface area contributed by atoms with E-state index in [0.29, 0.717) is 5.01 Å². The first-order valence-electron chi connectivity index (χ1n) is 9.35. The number of hydrogen-bond donors (Lipinski definition) is 1. The molecule has 0 saturated heterocycles. The van der Waals surface area contributed by atoms with E-state index >= 15 is 0 Å². The quantitative estimate of drug-likeness (QED) is 0.298. The Bertz CT molecular complexity index is 1030. The minimum atomic E-state index is -0.303. The zero-order valence-electron chi connectivity index (χ0n) is 16.6. The summed E-state index contributed by atoms with van der Waals surface area (Å²) in [5, 5.41) is 21.6. The van der Waals surface area contributed by atoms with E-state index in [1.54, 1.807) is 0 Å². The third kappa shape index (κ3) is 4.08. The van der Waals surface area contributed by atoms with E-state index in [1.807, 2.05) is 38.1 Å². The Morgan fingerprint density at radius 2 is 2.07 bits per heavy atom. The van der Waals surface area contributed by atoms with Gasteiger partial charge in [-0.25, -0.2) is 9.97 Å². The van der Waals surface area contributed by atoms with Gasteiger partial charge in [-0.1, -0.05) is 37.2 Å². The highest BCUT2D eigenvalue weighted by Gasteiger charge is 2.22. The van der Waals surface area contributed by atoms with Gasteiger partial charge in [0.05, 0.1) is 21.2 Å². The van der Waals surface area contributed by atoms with Crippen molar-refractivity contribution in [3.63, 3.8) is 0 Å². The Labute approximate surface area is 173 Å². The van der Waals surface area contributed by atoms with Crippen molar-refractivity contribution < 1.29 is 5.11 Å². The molecule has 0 radical (unpaired) electrons. The molecule has 0 aliphatic carbocycles. The fraction of sp³-hybridized carbons (Fsp3) is 0.381. The molecule has 2 aromatic heterocycles. The van der Waals surface area contributed by atoms with Gasteiger partial charge in [0.2, 0.25) is 0 Å². The van der Waals surface area contributed by atoms with Gasteiger partial charge >= 0.3 is 0 Å². The zero-order chi connectivity index (χ0) is 20.3. The van der Waals surface area contributed by atoms with E-state index < -0.39 is 0 Å². The maximum absolute atomic E-state index is 10.8. The Morgan fingerprint density at radius 3 is 2.75 bits per heavy atom. The minimum Gasteiger partial charge on any atom is -0.510 e. The van der Waals surface area contributed by atoms with Crippen LogP contribution < -0.4 is 0 Å². The molecule has 3 rings (SSSR count). The predicted molar refractivity (Wildman–Crippen MR) is 117 cm³/mol. The van der Waals surface area contributed by atoms with Crippen molar-refractivity contribution in [2.45, 2.75) is 57.5 Å². The van der Waals surface area contributed by atoms with Crippen LogP contribution in [0.3, 0.4) is 0 Å². The van der Waals surface area contributed by atoms with Crippen molar-refractivity contribution in [3.8, 4) is 6.07 Å². The smallest absolute Gasteiger partial charge is 0.169 e. The second-order valence-corrected chi connectivity index (χ2v) is 9.03. The van der Waals surface area contributed by atoms with Crippen molar-refractivity contribution in [1.29, 1.82) is 5.26 Å². The van der Waals surface area contributed by atoms with Crippen molar-refractivity contribution in [1.82, 2.24) is 14.5 Å². The van der Waals surface area contributed by atoms with Crippen LogP contribution in [0.2, 0.25) is 0 Å². The first kappa shape index (κ1) is 20.4. The lowest BCUT2D eigenvalue weighted by Gasteiger charge is -2.14. The van der Waals surface area contributed by atoms with Gasteiger partial charge in [0.25, 0.3) is 0 Å². The molecular formula is C21H24N4OS2. The van der Waals surface area contributed by atoms with Crippen LogP contribution >= 0.6 is 23.1 Å². The number of hydrogen-bond acceptors (Lipinski definition) is 6. The second kappa shape index (κ2) is 8.80. The van der Waals surface area contributed by atoms with E-state index in [2.05, 4.69) is 34.5 Å². The molecule has 5 nitrogen and oxygen atoms in total. The van der Waals surface area contributed by atoms with E-state index in [9.17, 15) is 10.4 Å². The number of thiazole rings is 1. The number of nitrogens with zero attached hydrogens (tertiary/aromatic N) is 4. The van der Waals surface area contributed by atoms with Gasteiger partial charge in [-0.3, -0.25) is 0 Å². The fourth-order valence-electron chi connectivity index (χ4n) is 2.90. The first-order valence-corrected chi connectivity index (χ1v) is 11.0. The van der Waals surface area contributed by atoms with E-state index in [-0.39, 0.29) is 16.6 Å². The van der Waals surface area contributed by atoms with Gasteiger partial charge in [-0.15, -0.1) is 11.3 Å². The molecule has 0 aliphatic rings. The number of rotatable bonds is 7. The van der Waals surface area contributed by atoms with Gasteiger partial charge in [0.1, 0.15) is 22.4 Å². The van der Waals surface area contributed by atoms with Gasteiger partial charge in [-0.05, 0) is 39.3 Å². The summed E-state index contributed by atoms with van der Waals surface area (Å²) in [6.45, 7) is 9.05. The van der Waals surface area contributed by atoms with Crippen molar-refractivity contribution in [3.05, 3.63) is 46.4 Å². The number of aryl methyl sites for hydroxylation is 1. The normalized spacial score (nSPS) is 13.4.